The highest BCUT2D eigenvalue weighted by atomic mass is 14.2. The summed E-state index contributed by atoms with van der Waals surface area (Å²) in [7, 11) is 0. The third kappa shape index (κ3) is 8.19. The first kappa shape index (κ1) is 16.0. The minimum absolute atomic E-state index is 0.927. The molecule has 0 heterocycles. The molecule has 0 aromatic heterocycles. The third-order valence-electron chi connectivity index (χ3n) is 4.13. The van der Waals surface area contributed by atoms with Crippen molar-refractivity contribution in [3.8, 4) is 0 Å². The van der Waals surface area contributed by atoms with Crippen LogP contribution in [0.5, 0.6) is 0 Å². The molecule has 0 spiro atoms. The maximum atomic E-state index is 2.45. The van der Waals surface area contributed by atoms with Crippen molar-refractivity contribution in [3.63, 3.8) is 0 Å². The Morgan fingerprint density at radius 1 is 0.625 bits per heavy atom. The van der Waals surface area contributed by atoms with Crippen LogP contribution in [0.2, 0.25) is 0 Å². The molecular formula is C16H34. The Hall–Kier alpha value is 0. The van der Waals surface area contributed by atoms with Crippen LogP contribution in [-0.4, -0.2) is 0 Å². The van der Waals surface area contributed by atoms with E-state index in [2.05, 4.69) is 34.6 Å². The molecule has 0 nitrogen and oxygen atoms in total. The molecule has 0 saturated heterocycles. The fourth-order valence-corrected chi connectivity index (χ4v) is 2.47. The first-order chi connectivity index (χ1) is 7.61. The van der Waals surface area contributed by atoms with Crippen molar-refractivity contribution in [2.75, 3.05) is 0 Å². The van der Waals surface area contributed by atoms with Gasteiger partial charge in [0.05, 0.1) is 0 Å². The van der Waals surface area contributed by atoms with Crippen molar-refractivity contribution in [1.29, 1.82) is 0 Å². The second kappa shape index (κ2) is 10.2. The minimum Gasteiger partial charge on any atom is -0.0654 e. The van der Waals surface area contributed by atoms with Crippen molar-refractivity contribution >= 4 is 0 Å². The zero-order valence-electron chi connectivity index (χ0n) is 12.4. The maximum absolute atomic E-state index is 2.45. The van der Waals surface area contributed by atoms with E-state index in [1.165, 1.54) is 51.4 Å². The lowest BCUT2D eigenvalue weighted by molar-refractivity contribution is 0.304. The summed E-state index contributed by atoms with van der Waals surface area (Å²) in [4.78, 5) is 0. The summed E-state index contributed by atoms with van der Waals surface area (Å²) in [6, 6.07) is 0. The van der Waals surface area contributed by atoms with Crippen molar-refractivity contribution in [2.45, 2.75) is 86.0 Å². The average molecular weight is 226 g/mol. The van der Waals surface area contributed by atoms with Gasteiger partial charge >= 0.3 is 0 Å². The molecule has 0 heteroatoms. The third-order valence-corrected chi connectivity index (χ3v) is 4.13. The van der Waals surface area contributed by atoms with Crippen LogP contribution in [0.1, 0.15) is 86.0 Å². The minimum atomic E-state index is 0.927. The Kier molecular flexibility index (Phi) is 10.2. The van der Waals surface area contributed by atoms with Crippen molar-refractivity contribution in [1.82, 2.24) is 0 Å². The Morgan fingerprint density at radius 3 is 1.81 bits per heavy atom. The Bertz CT molecular complexity index is 139. The fourth-order valence-electron chi connectivity index (χ4n) is 2.47. The van der Waals surface area contributed by atoms with E-state index in [1.54, 1.807) is 0 Å². The van der Waals surface area contributed by atoms with Gasteiger partial charge in [0.2, 0.25) is 0 Å². The van der Waals surface area contributed by atoms with Gasteiger partial charge in [0.1, 0.15) is 0 Å². The second-order valence-electron chi connectivity index (χ2n) is 5.92. The molecule has 0 bridgehead atoms. The molecule has 98 valence electrons. The maximum Gasteiger partial charge on any atom is -0.0417 e. The highest BCUT2D eigenvalue weighted by molar-refractivity contribution is 4.64. The SMILES string of the molecule is CCCCCC(C)C(C)CCC(C)CCC. The van der Waals surface area contributed by atoms with Gasteiger partial charge in [-0.1, -0.05) is 86.0 Å². The first-order valence-corrected chi connectivity index (χ1v) is 7.61. The number of rotatable bonds is 10. The summed E-state index contributed by atoms with van der Waals surface area (Å²) >= 11 is 0. The molecule has 0 radical (unpaired) electrons. The smallest absolute Gasteiger partial charge is 0.0417 e. The lowest BCUT2D eigenvalue weighted by atomic mass is 9.85. The van der Waals surface area contributed by atoms with Crippen molar-refractivity contribution in [2.24, 2.45) is 17.8 Å². The van der Waals surface area contributed by atoms with Crippen LogP contribution in [0, 0.1) is 17.8 Å². The van der Waals surface area contributed by atoms with Gasteiger partial charge in [-0.2, -0.15) is 0 Å². The van der Waals surface area contributed by atoms with Crippen LogP contribution in [0.3, 0.4) is 0 Å². The number of hydrogen-bond donors (Lipinski definition) is 0. The lowest BCUT2D eigenvalue weighted by Crippen LogP contribution is -2.09. The summed E-state index contributed by atoms with van der Waals surface area (Å²) in [6.07, 6.45) is 11.3. The summed E-state index contributed by atoms with van der Waals surface area (Å²) < 4.78 is 0. The molecule has 3 unspecified atom stereocenters. The van der Waals surface area contributed by atoms with Crippen LogP contribution in [0.25, 0.3) is 0 Å². The molecule has 0 fully saturated rings. The summed E-state index contributed by atoms with van der Waals surface area (Å²) in [5, 5.41) is 0. The molecule has 0 aromatic rings. The second-order valence-corrected chi connectivity index (χ2v) is 5.92. The largest absolute Gasteiger partial charge is 0.0654 e. The van der Waals surface area contributed by atoms with E-state index < -0.39 is 0 Å². The van der Waals surface area contributed by atoms with Crippen LogP contribution < -0.4 is 0 Å². The molecule has 0 saturated carbocycles. The van der Waals surface area contributed by atoms with E-state index in [0.29, 0.717) is 0 Å². The van der Waals surface area contributed by atoms with Crippen LogP contribution in [-0.2, 0) is 0 Å². The molecule has 0 amide bonds. The zero-order chi connectivity index (χ0) is 12.4. The van der Waals surface area contributed by atoms with Gasteiger partial charge in [0, 0.05) is 0 Å². The molecule has 0 N–H and O–H groups in total. The van der Waals surface area contributed by atoms with E-state index in [-0.39, 0.29) is 0 Å². The van der Waals surface area contributed by atoms with Crippen molar-refractivity contribution in [3.05, 3.63) is 0 Å². The molecule has 16 heavy (non-hydrogen) atoms. The van der Waals surface area contributed by atoms with Gasteiger partial charge in [-0.05, 0) is 17.8 Å². The topological polar surface area (TPSA) is 0 Å². The summed E-state index contributed by atoms with van der Waals surface area (Å²) in [5.74, 6) is 2.80. The van der Waals surface area contributed by atoms with E-state index in [0.717, 1.165) is 17.8 Å². The highest BCUT2D eigenvalue weighted by Gasteiger charge is 2.13. The Labute approximate surface area is 104 Å². The van der Waals surface area contributed by atoms with Gasteiger partial charge in [0.15, 0.2) is 0 Å². The molecule has 0 aliphatic carbocycles. The van der Waals surface area contributed by atoms with Crippen molar-refractivity contribution < 1.29 is 0 Å². The van der Waals surface area contributed by atoms with Crippen LogP contribution in [0.4, 0.5) is 0 Å². The number of unbranched alkanes of at least 4 members (excludes halogenated alkanes) is 2. The number of hydrogen-bond acceptors (Lipinski definition) is 0. The molecule has 0 aliphatic heterocycles. The normalized spacial score (nSPS) is 17.1. The standard InChI is InChI=1S/C16H34/c1-6-8-9-11-15(4)16(5)13-12-14(3)10-7-2/h14-16H,6-13H2,1-5H3. The highest BCUT2D eigenvalue weighted by Crippen LogP contribution is 2.25. The predicted octanol–water partition coefficient (Wildman–Crippen LogP) is 6.06. The quantitative estimate of drug-likeness (QED) is 0.397. The molecule has 0 aliphatic rings. The van der Waals surface area contributed by atoms with Gasteiger partial charge in [-0.3, -0.25) is 0 Å². The average Bonchev–Trinajstić information content (AvgIpc) is 2.26. The van der Waals surface area contributed by atoms with Crippen LogP contribution in [0.15, 0.2) is 0 Å². The molecular weight excluding hydrogens is 192 g/mol. The summed E-state index contributed by atoms with van der Waals surface area (Å²) in [6.45, 7) is 11.9. The molecule has 0 aromatic carbocycles. The summed E-state index contributed by atoms with van der Waals surface area (Å²) in [5.41, 5.74) is 0. The van der Waals surface area contributed by atoms with Gasteiger partial charge < -0.3 is 0 Å². The molecule has 0 rings (SSSR count). The van der Waals surface area contributed by atoms with Gasteiger partial charge in [-0.15, -0.1) is 0 Å². The Morgan fingerprint density at radius 2 is 1.25 bits per heavy atom. The van der Waals surface area contributed by atoms with E-state index in [4.69, 9.17) is 0 Å². The van der Waals surface area contributed by atoms with Gasteiger partial charge in [0.25, 0.3) is 0 Å². The van der Waals surface area contributed by atoms with E-state index >= 15 is 0 Å². The fraction of sp³-hybridized carbons (Fsp3) is 1.00. The lowest BCUT2D eigenvalue weighted by Gasteiger charge is -2.21. The first-order valence-electron chi connectivity index (χ1n) is 7.61. The van der Waals surface area contributed by atoms with Crippen LogP contribution >= 0.6 is 0 Å². The zero-order valence-corrected chi connectivity index (χ0v) is 12.4. The van der Waals surface area contributed by atoms with Gasteiger partial charge in [-0.25, -0.2) is 0 Å². The van der Waals surface area contributed by atoms with E-state index in [1.807, 2.05) is 0 Å². The molecule has 3 atom stereocenters. The Balaban J connectivity index is 3.57. The van der Waals surface area contributed by atoms with E-state index in [9.17, 15) is 0 Å². The monoisotopic (exact) mass is 226 g/mol. The predicted molar refractivity (Wildman–Crippen MR) is 75.8 cm³/mol.